The molecule has 1 aromatic heterocycles. The van der Waals surface area contributed by atoms with Gasteiger partial charge in [0, 0.05) is 26.2 Å². The third-order valence-corrected chi connectivity index (χ3v) is 4.93. The molecule has 1 N–H and O–H groups in total. The maximum atomic E-state index is 12.7. The van der Waals surface area contributed by atoms with Gasteiger partial charge in [-0.15, -0.1) is 0 Å². The van der Waals surface area contributed by atoms with Crippen molar-refractivity contribution in [2.45, 2.75) is 33.8 Å². The van der Waals surface area contributed by atoms with Gasteiger partial charge in [-0.05, 0) is 31.4 Å². The molecular formula is C21H30N4O2. The molecule has 6 nitrogen and oxygen atoms in total. The fraction of sp³-hybridized carbons (Fsp3) is 0.524. The normalized spacial score (nSPS) is 18.0. The predicted molar refractivity (Wildman–Crippen MR) is 106 cm³/mol. The molecule has 0 aliphatic carbocycles. The molecule has 1 saturated heterocycles. The van der Waals surface area contributed by atoms with Crippen molar-refractivity contribution in [2.24, 2.45) is 5.92 Å². The summed E-state index contributed by atoms with van der Waals surface area (Å²) in [5.74, 6) is 0.533. The van der Waals surface area contributed by atoms with Crippen LogP contribution in [0.3, 0.4) is 0 Å². The highest BCUT2D eigenvalue weighted by molar-refractivity contribution is 5.95. The first-order valence-electron chi connectivity index (χ1n) is 9.68. The Morgan fingerprint density at radius 2 is 2.11 bits per heavy atom. The van der Waals surface area contributed by atoms with Gasteiger partial charge in [-0.1, -0.05) is 32.0 Å². The van der Waals surface area contributed by atoms with Gasteiger partial charge in [-0.3, -0.25) is 9.69 Å². The van der Waals surface area contributed by atoms with E-state index in [1.54, 1.807) is 6.20 Å². The van der Waals surface area contributed by atoms with Crippen molar-refractivity contribution >= 4 is 5.91 Å². The Bertz CT molecular complexity index is 784. The minimum atomic E-state index is -0.100. The quantitative estimate of drug-likeness (QED) is 0.849. The molecule has 1 aromatic carbocycles. The highest BCUT2D eigenvalue weighted by Crippen LogP contribution is 2.17. The van der Waals surface area contributed by atoms with E-state index >= 15 is 0 Å². The van der Waals surface area contributed by atoms with Gasteiger partial charge in [0.25, 0.3) is 5.91 Å². The minimum Gasteiger partial charge on any atom is -0.374 e. The van der Waals surface area contributed by atoms with Gasteiger partial charge in [0.15, 0.2) is 0 Å². The number of para-hydroxylation sites is 1. The Hall–Kier alpha value is -2.18. The number of carbonyl (C=O) groups is 1. The molecule has 0 spiro atoms. The first kappa shape index (κ1) is 19.6. The Balaban J connectivity index is 1.61. The van der Waals surface area contributed by atoms with Crippen LogP contribution in [-0.2, 0) is 4.74 Å². The summed E-state index contributed by atoms with van der Waals surface area (Å²) in [6.07, 6.45) is 1.68. The zero-order valence-electron chi connectivity index (χ0n) is 16.7. The molecule has 1 atom stereocenters. The highest BCUT2D eigenvalue weighted by Gasteiger charge is 2.22. The van der Waals surface area contributed by atoms with Gasteiger partial charge >= 0.3 is 0 Å². The average molecular weight is 370 g/mol. The van der Waals surface area contributed by atoms with E-state index in [0.717, 1.165) is 43.2 Å². The molecule has 1 amide bonds. The summed E-state index contributed by atoms with van der Waals surface area (Å²) in [6.45, 7) is 12.5. The Kier molecular flexibility index (Phi) is 6.29. The predicted octanol–water partition coefficient (Wildman–Crippen LogP) is 2.58. The summed E-state index contributed by atoms with van der Waals surface area (Å²) in [4.78, 5) is 15.1. The zero-order valence-corrected chi connectivity index (χ0v) is 16.7. The molecule has 0 saturated carbocycles. The number of aryl methyl sites for hydroxylation is 1. The van der Waals surface area contributed by atoms with Crippen LogP contribution >= 0.6 is 0 Å². The molecule has 2 heterocycles. The first-order chi connectivity index (χ1) is 13.0. The smallest absolute Gasteiger partial charge is 0.254 e. The van der Waals surface area contributed by atoms with Crippen molar-refractivity contribution in [1.82, 2.24) is 20.0 Å². The molecule has 6 heteroatoms. The summed E-state index contributed by atoms with van der Waals surface area (Å²) in [6, 6.07) is 8.03. The molecule has 1 aliphatic rings. The van der Waals surface area contributed by atoms with Crippen LogP contribution in [0.1, 0.15) is 35.5 Å². The number of benzene rings is 1. The third-order valence-electron chi connectivity index (χ3n) is 4.93. The molecule has 0 bridgehead atoms. The number of hydrogen-bond donors (Lipinski definition) is 1. The number of hydrogen-bond acceptors (Lipinski definition) is 4. The second-order valence-corrected chi connectivity index (χ2v) is 7.70. The lowest BCUT2D eigenvalue weighted by molar-refractivity contribution is -0.0295. The maximum absolute atomic E-state index is 12.7. The number of aromatic nitrogens is 2. The lowest BCUT2D eigenvalue weighted by atomic mass is 10.1. The molecule has 27 heavy (non-hydrogen) atoms. The molecule has 0 radical (unpaired) electrons. The van der Waals surface area contributed by atoms with Crippen LogP contribution in [-0.4, -0.2) is 59.5 Å². The minimum absolute atomic E-state index is 0.0353. The Morgan fingerprint density at radius 1 is 1.33 bits per heavy atom. The molecule has 1 unspecified atom stereocenters. The lowest BCUT2D eigenvalue weighted by Crippen LogP contribution is -2.48. The fourth-order valence-corrected chi connectivity index (χ4v) is 3.56. The maximum Gasteiger partial charge on any atom is 0.254 e. The van der Waals surface area contributed by atoms with Crippen LogP contribution in [0.15, 0.2) is 30.5 Å². The summed E-state index contributed by atoms with van der Waals surface area (Å²) in [7, 11) is 0. The van der Waals surface area contributed by atoms with Gasteiger partial charge < -0.3 is 10.1 Å². The molecule has 1 aliphatic heterocycles. The number of carbonyl (C=O) groups excluding carboxylic acids is 1. The summed E-state index contributed by atoms with van der Waals surface area (Å²) >= 11 is 0. The van der Waals surface area contributed by atoms with Crippen LogP contribution in [0.25, 0.3) is 5.69 Å². The molecule has 2 aromatic rings. The summed E-state index contributed by atoms with van der Waals surface area (Å²) in [5.41, 5.74) is 3.56. The lowest BCUT2D eigenvalue weighted by Gasteiger charge is -2.33. The highest BCUT2D eigenvalue weighted by atomic mass is 16.5. The number of morpholine rings is 1. The number of ether oxygens (including phenoxy) is 1. The van der Waals surface area contributed by atoms with Crippen LogP contribution in [0.2, 0.25) is 0 Å². The summed E-state index contributed by atoms with van der Waals surface area (Å²) in [5, 5.41) is 7.44. The third kappa shape index (κ3) is 4.76. The van der Waals surface area contributed by atoms with Crippen molar-refractivity contribution in [1.29, 1.82) is 0 Å². The van der Waals surface area contributed by atoms with E-state index in [0.29, 0.717) is 18.0 Å². The van der Waals surface area contributed by atoms with Crippen molar-refractivity contribution in [3.05, 3.63) is 47.3 Å². The van der Waals surface area contributed by atoms with Crippen molar-refractivity contribution < 1.29 is 9.53 Å². The molecule has 3 rings (SSSR count). The van der Waals surface area contributed by atoms with E-state index in [9.17, 15) is 4.79 Å². The molecule has 146 valence electrons. The first-order valence-corrected chi connectivity index (χ1v) is 9.68. The van der Waals surface area contributed by atoms with Gasteiger partial charge in [0.1, 0.15) is 0 Å². The molecule has 1 fully saturated rings. The van der Waals surface area contributed by atoms with Gasteiger partial charge in [0.2, 0.25) is 0 Å². The summed E-state index contributed by atoms with van der Waals surface area (Å²) < 4.78 is 7.64. The number of rotatable bonds is 6. The monoisotopic (exact) mass is 370 g/mol. The Labute approximate surface area is 161 Å². The zero-order chi connectivity index (χ0) is 19.4. The Morgan fingerprint density at radius 3 is 2.85 bits per heavy atom. The number of nitrogens with one attached hydrogen (secondary N) is 1. The van der Waals surface area contributed by atoms with E-state index in [1.807, 2.05) is 42.8 Å². The standard InChI is InChI=1S/C21H30N4O2/c1-15(2)13-24-9-10-27-18(14-24)11-22-21(26)19-12-23-25(17(19)4)20-8-6-5-7-16(20)3/h5-8,12,15,18H,9-11,13-14H2,1-4H3,(H,22,26). The van der Waals surface area contributed by atoms with E-state index < -0.39 is 0 Å². The van der Waals surface area contributed by atoms with Gasteiger partial charge in [-0.2, -0.15) is 5.10 Å². The second kappa shape index (κ2) is 8.67. The van der Waals surface area contributed by atoms with E-state index in [4.69, 9.17) is 4.74 Å². The topological polar surface area (TPSA) is 59.4 Å². The number of amides is 1. The fourth-order valence-electron chi connectivity index (χ4n) is 3.56. The van der Waals surface area contributed by atoms with Crippen LogP contribution in [0.4, 0.5) is 0 Å². The van der Waals surface area contributed by atoms with Gasteiger partial charge in [0.05, 0.1) is 35.9 Å². The van der Waals surface area contributed by atoms with Crippen LogP contribution in [0.5, 0.6) is 0 Å². The van der Waals surface area contributed by atoms with Gasteiger partial charge in [-0.25, -0.2) is 4.68 Å². The van der Waals surface area contributed by atoms with Crippen molar-refractivity contribution in [3.8, 4) is 5.69 Å². The van der Waals surface area contributed by atoms with E-state index in [-0.39, 0.29) is 12.0 Å². The van der Waals surface area contributed by atoms with Crippen molar-refractivity contribution in [3.63, 3.8) is 0 Å². The van der Waals surface area contributed by atoms with E-state index in [2.05, 4.69) is 29.2 Å². The van der Waals surface area contributed by atoms with Crippen LogP contribution in [0, 0.1) is 19.8 Å². The van der Waals surface area contributed by atoms with Crippen molar-refractivity contribution in [2.75, 3.05) is 32.8 Å². The number of nitrogens with zero attached hydrogens (tertiary/aromatic N) is 3. The SMILES string of the molecule is Cc1ccccc1-n1ncc(C(=O)NCC2CN(CC(C)C)CCO2)c1C. The van der Waals surface area contributed by atoms with E-state index in [1.165, 1.54) is 0 Å². The average Bonchev–Trinajstić information content (AvgIpc) is 3.01. The second-order valence-electron chi connectivity index (χ2n) is 7.70. The van der Waals surface area contributed by atoms with Crippen LogP contribution < -0.4 is 5.32 Å². The largest absolute Gasteiger partial charge is 0.374 e. The molecular weight excluding hydrogens is 340 g/mol.